The Kier molecular flexibility index (Phi) is 4.41. The predicted octanol–water partition coefficient (Wildman–Crippen LogP) is 3.10. The number of carbonyl (C=O) groups is 2. The maximum atomic E-state index is 12.7. The number of fused-ring (bicyclic) bond motifs is 2. The van der Waals surface area contributed by atoms with Crippen LogP contribution >= 0.6 is 0 Å². The summed E-state index contributed by atoms with van der Waals surface area (Å²) in [5, 5.41) is 2.63. The van der Waals surface area contributed by atoms with Crippen LogP contribution in [0.25, 0.3) is 0 Å². The summed E-state index contributed by atoms with van der Waals surface area (Å²) in [6, 6.07) is 9.07. The second-order valence-electron chi connectivity index (χ2n) is 8.06. The number of carbonyl (C=O) groups excluding carboxylic acids is 2. The Labute approximate surface area is 144 Å². The molecular weight excluding hydrogens is 302 g/mol. The third-order valence-corrected chi connectivity index (χ3v) is 6.81. The van der Waals surface area contributed by atoms with Crippen molar-refractivity contribution in [3.05, 3.63) is 35.9 Å². The molecule has 0 aliphatic heterocycles. The summed E-state index contributed by atoms with van der Waals surface area (Å²) in [7, 11) is 0. The van der Waals surface area contributed by atoms with Crippen LogP contribution in [0.1, 0.15) is 45.6 Å². The van der Waals surface area contributed by atoms with E-state index in [2.05, 4.69) is 26.1 Å². The lowest BCUT2D eigenvalue weighted by Crippen LogP contribution is -2.44. The van der Waals surface area contributed by atoms with E-state index in [0.717, 1.165) is 18.4 Å². The van der Waals surface area contributed by atoms with Gasteiger partial charge in [-0.2, -0.15) is 0 Å². The van der Waals surface area contributed by atoms with Crippen LogP contribution in [0.4, 0.5) is 0 Å². The zero-order valence-electron chi connectivity index (χ0n) is 14.7. The van der Waals surface area contributed by atoms with Crippen LogP contribution in [-0.2, 0) is 20.7 Å². The van der Waals surface area contributed by atoms with Gasteiger partial charge in [-0.05, 0) is 36.2 Å². The number of nitrogens with one attached hydrogen (secondary N) is 1. The van der Waals surface area contributed by atoms with Crippen molar-refractivity contribution in [2.24, 2.45) is 16.7 Å². The van der Waals surface area contributed by atoms with Crippen LogP contribution in [0.5, 0.6) is 0 Å². The number of benzene rings is 1. The van der Waals surface area contributed by atoms with E-state index >= 15 is 0 Å². The Hall–Kier alpha value is -1.84. The third kappa shape index (κ3) is 2.72. The Morgan fingerprint density at radius 3 is 2.58 bits per heavy atom. The van der Waals surface area contributed by atoms with Gasteiger partial charge in [0.05, 0.1) is 0 Å². The van der Waals surface area contributed by atoms with E-state index < -0.39 is 6.04 Å². The molecular formula is C20H27NO3. The topological polar surface area (TPSA) is 55.4 Å². The standard InChI is InChI=1S/C20H27NO3/c1-19(2)15-9-10-20(19,3)17(12-15)24-18(23)16(21-13-22)11-14-7-5-4-6-8-14/h4-8,13,15-17H,9-12H2,1-3H3,(H,21,22). The first-order chi connectivity index (χ1) is 11.4. The van der Waals surface area contributed by atoms with E-state index in [-0.39, 0.29) is 22.9 Å². The number of esters is 1. The highest BCUT2D eigenvalue weighted by molar-refractivity contribution is 5.79. The average Bonchev–Trinajstić information content (AvgIpc) is 2.89. The van der Waals surface area contributed by atoms with Gasteiger partial charge in [-0.25, -0.2) is 4.79 Å². The molecule has 0 saturated heterocycles. The largest absolute Gasteiger partial charge is 0.460 e. The molecule has 2 saturated carbocycles. The van der Waals surface area contributed by atoms with Crippen LogP contribution in [0.2, 0.25) is 0 Å². The van der Waals surface area contributed by atoms with Gasteiger partial charge < -0.3 is 10.1 Å². The molecule has 4 atom stereocenters. The number of hydrogen-bond acceptors (Lipinski definition) is 3. The molecule has 4 nitrogen and oxygen atoms in total. The molecule has 1 amide bonds. The summed E-state index contributed by atoms with van der Waals surface area (Å²) in [4.78, 5) is 23.6. The predicted molar refractivity (Wildman–Crippen MR) is 92.2 cm³/mol. The molecule has 0 radical (unpaired) electrons. The lowest BCUT2D eigenvalue weighted by Gasteiger charge is -2.38. The van der Waals surface area contributed by atoms with E-state index in [1.807, 2.05) is 30.3 Å². The normalized spacial score (nSPS) is 31.5. The maximum absolute atomic E-state index is 12.7. The molecule has 4 unspecified atom stereocenters. The van der Waals surface area contributed by atoms with Crippen molar-refractivity contribution in [2.45, 2.75) is 58.6 Å². The molecule has 2 aliphatic carbocycles. The van der Waals surface area contributed by atoms with Gasteiger partial charge in [0.25, 0.3) is 0 Å². The molecule has 1 aromatic carbocycles. The van der Waals surface area contributed by atoms with Gasteiger partial charge in [0.2, 0.25) is 6.41 Å². The lowest BCUT2D eigenvalue weighted by molar-refractivity contribution is -0.160. The molecule has 24 heavy (non-hydrogen) atoms. The van der Waals surface area contributed by atoms with Crippen molar-refractivity contribution in [1.29, 1.82) is 0 Å². The highest BCUT2D eigenvalue weighted by Crippen LogP contribution is 2.66. The van der Waals surface area contributed by atoms with Crippen molar-refractivity contribution < 1.29 is 14.3 Å². The monoisotopic (exact) mass is 329 g/mol. The van der Waals surface area contributed by atoms with Crippen LogP contribution in [0, 0.1) is 16.7 Å². The van der Waals surface area contributed by atoms with Crippen LogP contribution < -0.4 is 5.32 Å². The zero-order valence-corrected chi connectivity index (χ0v) is 14.7. The maximum Gasteiger partial charge on any atom is 0.329 e. The SMILES string of the molecule is CC1(C)C2CCC1(C)C(OC(=O)C(Cc1ccccc1)NC=O)C2. The smallest absolute Gasteiger partial charge is 0.329 e. The molecule has 1 N–H and O–H groups in total. The fourth-order valence-electron chi connectivity index (χ4n) is 4.67. The molecule has 2 fully saturated rings. The fourth-order valence-corrected chi connectivity index (χ4v) is 4.67. The van der Waals surface area contributed by atoms with Gasteiger partial charge in [0.15, 0.2) is 0 Å². The van der Waals surface area contributed by atoms with E-state index in [9.17, 15) is 9.59 Å². The molecule has 0 aromatic heterocycles. The molecule has 0 spiro atoms. The Morgan fingerprint density at radius 1 is 1.33 bits per heavy atom. The van der Waals surface area contributed by atoms with Crippen molar-refractivity contribution in [3.8, 4) is 0 Å². The second kappa shape index (κ2) is 6.23. The minimum atomic E-state index is -0.629. The summed E-state index contributed by atoms with van der Waals surface area (Å²) >= 11 is 0. The highest BCUT2D eigenvalue weighted by atomic mass is 16.5. The van der Waals surface area contributed by atoms with Gasteiger partial charge in [-0.3, -0.25) is 4.79 Å². The number of hydrogen-bond donors (Lipinski definition) is 1. The summed E-state index contributed by atoms with van der Waals surface area (Å²) in [6.45, 7) is 6.84. The molecule has 3 rings (SSSR count). The first-order valence-electron chi connectivity index (χ1n) is 8.82. The fraction of sp³-hybridized carbons (Fsp3) is 0.600. The zero-order chi connectivity index (χ0) is 17.4. The number of ether oxygens (including phenoxy) is 1. The van der Waals surface area contributed by atoms with Gasteiger partial charge in [0, 0.05) is 11.8 Å². The Bertz CT molecular complexity index is 613. The molecule has 130 valence electrons. The molecule has 0 heterocycles. The van der Waals surface area contributed by atoms with Crippen LogP contribution in [-0.4, -0.2) is 24.5 Å². The first kappa shape index (κ1) is 17.0. The van der Waals surface area contributed by atoms with Crippen LogP contribution in [0.3, 0.4) is 0 Å². The first-order valence-corrected chi connectivity index (χ1v) is 8.82. The van der Waals surface area contributed by atoms with Gasteiger partial charge >= 0.3 is 5.97 Å². The molecule has 2 bridgehead atoms. The summed E-state index contributed by atoms with van der Waals surface area (Å²) in [5.74, 6) is 0.299. The van der Waals surface area contributed by atoms with E-state index in [0.29, 0.717) is 18.7 Å². The average molecular weight is 329 g/mol. The lowest BCUT2D eigenvalue weighted by atomic mass is 9.70. The van der Waals surface area contributed by atoms with E-state index in [4.69, 9.17) is 4.74 Å². The van der Waals surface area contributed by atoms with Crippen molar-refractivity contribution in [3.63, 3.8) is 0 Å². The number of amides is 1. The summed E-state index contributed by atoms with van der Waals surface area (Å²) < 4.78 is 5.91. The van der Waals surface area contributed by atoms with E-state index in [1.165, 1.54) is 6.42 Å². The minimum absolute atomic E-state index is 0.0335. The highest BCUT2D eigenvalue weighted by Gasteiger charge is 2.63. The van der Waals surface area contributed by atoms with Crippen molar-refractivity contribution in [1.82, 2.24) is 5.32 Å². The Morgan fingerprint density at radius 2 is 2.04 bits per heavy atom. The van der Waals surface area contributed by atoms with Crippen molar-refractivity contribution in [2.75, 3.05) is 0 Å². The summed E-state index contributed by atoms with van der Waals surface area (Å²) in [5.41, 5.74) is 1.24. The summed E-state index contributed by atoms with van der Waals surface area (Å²) in [6.07, 6.45) is 4.25. The van der Waals surface area contributed by atoms with E-state index in [1.54, 1.807) is 0 Å². The van der Waals surface area contributed by atoms with Crippen LogP contribution in [0.15, 0.2) is 30.3 Å². The van der Waals surface area contributed by atoms with Gasteiger partial charge in [-0.15, -0.1) is 0 Å². The Balaban J connectivity index is 1.69. The third-order valence-electron chi connectivity index (χ3n) is 6.81. The molecule has 1 aromatic rings. The molecule has 2 aliphatic rings. The van der Waals surface area contributed by atoms with Gasteiger partial charge in [-0.1, -0.05) is 51.1 Å². The second-order valence-corrected chi connectivity index (χ2v) is 8.06. The number of rotatable bonds is 6. The minimum Gasteiger partial charge on any atom is -0.460 e. The quantitative estimate of drug-likeness (QED) is 0.644. The molecule has 4 heteroatoms. The van der Waals surface area contributed by atoms with Crippen molar-refractivity contribution >= 4 is 12.4 Å². The van der Waals surface area contributed by atoms with Gasteiger partial charge in [0.1, 0.15) is 12.1 Å².